The molecule has 3 aromatic rings. The first-order valence-electron chi connectivity index (χ1n) is 10.6. The number of azo groups is 1. The van der Waals surface area contributed by atoms with Crippen molar-refractivity contribution >= 4 is 39.0 Å². The van der Waals surface area contributed by atoms with E-state index in [4.69, 9.17) is 4.74 Å². The largest absolute Gasteiger partial charge is 0.494 e. The molecule has 11 nitrogen and oxygen atoms in total. The lowest BCUT2D eigenvalue weighted by molar-refractivity contribution is -0.126. The van der Waals surface area contributed by atoms with Crippen LogP contribution in [0.3, 0.4) is 0 Å². The van der Waals surface area contributed by atoms with Crippen LogP contribution >= 0.6 is 0 Å². The van der Waals surface area contributed by atoms with Crippen LogP contribution in [0.15, 0.2) is 75.9 Å². The third kappa shape index (κ3) is 7.14. The van der Waals surface area contributed by atoms with Gasteiger partial charge in [0, 0.05) is 17.6 Å². The number of amides is 1. The fraction of sp³-hybridized carbons (Fsp3) is 0.217. The van der Waals surface area contributed by atoms with Gasteiger partial charge < -0.3 is 10.1 Å². The Morgan fingerprint density at radius 3 is 2.34 bits per heavy atom. The molecule has 0 spiro atoms. The van der Waals surface area contributed by atoms with Crippen molar-refractivity contribution < 1.29 is 22.7 Å². The summed E-state index contributed by atoms with van der Waals surface area (Å²) in [5, 5.41) is 10.4. The molecule has 12 heteroatoms. The van der Waals surface area contributed by atoms with E-state index in [1.165, 1.54) is 37.4 Å². The number of nitrogens with zero attached hydrogens (tertiary/aromatic N) is 4. The van der Waals surface area contributed by atoms with E-state index in [2.05, 4.69) is 30.2 Å². The topological polar surface area (TPSA) is 152 Å². The average molecular weight is 497 g/mol. The number of hydrogen-bond acceptors (Lipinski definition) is 9. The quantitative estimate of drug-likeness (QED) is 0.321. The Hall–Kier alpha value is -4.19. The Balaban J connectivity index is 1.68. The molecular formula is C23H24N6O5S. The summed E-state index contributed by atoms with van der Waals surface area (Å²) < 4.78 is 32.8. The number of Topliss-reactive ketones (excluding diaryl/α,β-unsaturated/α-hetero) is 1. The third-order valence-electron chi connectivity index (χ3n) is 4.52. The van der Waals surface area contributed by atoms with E-state index < -0.39 is 27.8 Å². The normalized spacial score (nSPS) is 12.2. The molecule has 1 unspecified atom stereocenters. The minimum absolute atomic E-state index is 0.0436. The summed E-state index contributed by atoms with van der Waals surface area (Å²) in [7, 11) is -3.92. The molecule has 0 aliphatic heterocycles. The van der Waals surface area contributed by atoms with Gasteiger partial charge in [-0.2, -0.15) is 10.2 Å². The summed E-state index contributed by atoms with van der Waals surface area (Å²) >= 11 is 0. The average Bonchev–Trinajstić information content (AvgIpc) is 2.80. The van der Waals surface area contributed by atoms with Gasteiger partial charge in [0.15, 0.2) is 5.78 Å². The van der Waals surface area contributed by atoms with Gasteiger partial charge in [-0.25, -0.2) is 23.1 Å². The van der Waals surface area contributed by atoms with Crippen molar-refractivity contribution in [2.45, 2.75) is 31.7 Å². The lowest BCUT2D eigenvalue weighted by Crippen LogP contribution is -2.31. The number of hydrogen-bond donors (Lipinski definition) is 2. The van der Waals surface area contributed by atoms with Gasteiger partial charge in [0.25, 0.3) is 15.9 Å². The van der Waals surface area contributed by atoms with Crippen LogP contribution in [0.5, 0.6) is 5.75 Å². The zero-order chi connectivity index (χ0) is 25.4. The van der Waals surface area contributed by atoms with Crippen LogP contribution in [0, 0.1) is 6.92 Å². The molecule has 3 rings (SSSR count). The lowest BCUT2D eigenvalue weighted by Gasteiger charge is -2.10. The molecule has 1 heterocycles. The molecule has 1 atom stereocenters. The fourth-order valence-electron chi connectivity index (χ4n) is 2.82. The highest BCUT2D eigenvalue weighted by Crippen LogP contribution is 2.20. The fourth-order valence-corrected chi connectivity index (χ4v) is 3.77. The number of sulfonamides is 1. The van der Waals surface area contributed by atoms with E-state index >= 15 is 0 Å². The number of ketones is 1. The Morgan fingerprint density at radius 1 is 1.06 bits per heavy atom. The summed E-state index contributed by atoms with van der Waals surface area (Å²) in [6.07, 6.45) is 1.45. The molecule has 35 heavy (non-hydrogen) atoms. The van der Waals surface area contributed by atoms with E-state index in [0.717, 1.165) is 0 Å². The number of ether oxygens (including phenoxy) is 1. The number of carbonyl (C=O) groups is 2. The summed E-state index contributed by atoms with van der Waals surface area (Å²) in [5.74, 6) is -0.539. The smallest absolute Gasteiger partial charge is 0.264 e. The number of rotatable bonds is 10. The van der Waals surface area contributed by atoms with Crippen molar-refractivity contribution in [2.75, 3.05) is 16.6 Å². The maximum Gasteiger partial charge on any atom is 0.264 e. The number of anilines is 2. The van der Waals surface area contributed by atoms with Crippen molar-refractivity contribution in [1.82, 2.24) is 9.97 Å². The maximum atomic E-state index is 12.6. The third-order valence-corrected chi connectivity index (χ3v) is 5.87. The molecule has 1 aromatic heterocycles. The second kappa shape index (κ2) is 11.3. The molecule has 1 amide bonds. The van der Waals surface area contributed by atoms with Gasteiger partial charge in [0.1, 0.15) is 5.75 Å². The van der Waals surface area contributed by atoms with Crippen molar-refractivity contribution in [3.05, 3.63) is 66.5 Å². The summed E-state index contributed by atoms with van der Waals surface area (Å²) in [5.41, 5.74) is 1.34. The van der Waals surface area contributed by atoms with E-state index in [-0.39, 0.29) is 16.5 Å². The van der Waals surface area contributed by atoms with Gasteiger partial charge in [-0.1, -0.05) is 0 Å². The van der Waals surface area contributed by atoms with Crippen LogP contribution in [0.1, 0.15) is 19.5 Å². The zero-order valence-corrected chi connectivity index (χ0v) is 20.1. The Labute approximate surface area is 202 Å². The minimum Gasteiger partial charge on any atom is -0.494 e. The van der Waals surface area contributed by atoms with Gasteiger partial charge in [-0.05, 0) is 75.4 Å². The van der Waals surface area contributed by atoms with E-state index in [1.54, 1.807) is 37.3 Å². The number of aryl methyl sites for hydroxylation is 1. The molecule has 0 aliphatic rings. The molecule has 0 aliphatic carbocycles. The van der Waals surface area contributed by atoms with Crippen molar-refractivity contribution in [3.8, 4) is 5.75 Å². The van der Waals surface area contributed by atoms with Crippen LogP contribution in [0.4, 0.5) is 17.3 Å². The predicted octanol–water partition coefficient (Wildman–Crippen LogP) is 3.66. The van der Waals surface area contributed by atoms with Crippen LogP contribution in [-0.4, -0.2) is 42.7 Å². The molecular weight excluding hydrogens is 472 g/mol. The molecule has 0 saturated carbocycles. The molecule has 2 N–H and O–H groups in total. The van der Waals surface area contributed by atoms with Crippen molar-refractivity contribution in [1.29, 1.82) is 0 Å². The van der Waals surface area contributed by atoms with Gasteiger partial charge in [-0.3, -0.25) is 9.59 Å². The van der Waals surface area contributed by atoms with Gasteiger partial charge in [-0.15, -0.1) is 0 Å². The monoisotopic (exact) mass is 496 g/mol. The SMILES string of the molecule is CCOc1ccc(NC(=O)C(N=Nc2ccc(S(=O)(=O)Nc3nccc(C)n3)cc2)C(C)=O)cc1. The zero-order valence-electron chi connectivity index (χ0n) is 19.3. The second-order valence-corrected chi connectivity index (χ2v) is 8.98. The number of nitrogens with one attached hydrogen (secondary N) is 2. The van der Waals surface area contributed by atoms with E-state index in [9.17, 15) is 18.0 Å². The standard InChI is InChI=1S/C23H24N6O5S/c1-4-34-19-9-5-17(6-10-19)26-22(31)21(16(3)30)28-27-18-7-11-20(12-8-18)35(32,33)29-23-24-14-13-15(2)25-23/h5-14,21H,4H2,1-3H3,(H,26,31)(H,24,25,29). The molecule has 0 bridgehead atoms. The summed E-state index contributed by atoms with van der Waals surface area (Å²) in [6.45, 7) is 5.33. The summed E-state index contributed by atoms with van der Waals surface area (Å²) in [4.78, 5) is 32.4. The number of carbonyl (C=O) groups excluding carboxylic acids is 2. The second-order valence-electron chi connectivity index (χ2n) is 7.30. The van der Waals surface area contributed by atoms with E-state index in [0.29, 0.717) is 23.7 Å². The Kier molecular flexibility index (Phi) is 8.21. The number of benzene rings is 2. The first kappa shape index (κ1) is 25.4. The molecule has 2 aromatic carbocycles. The minimum atomic E-state index is -3.92. The molecule has 182 valence electrons. The Morgan fingerprint density at radius 2 is 1.74 bits per heavy atom. The first-order valence-corrected chi connectivity index (χ1v) is 12.0. The van der Waals surface area contributed by atoms with Crippen LogP contribution in [-0.2, 0) is 19.6 Å². The van der Waals surface area contributed by atoms with Crippen LogP contribution < -0.4 is 14.8 Å². The van der Waals surface area contributed by atoms with Crippen LogP contribution in [0.2, 0.25) is 0 Å². The lowest BCUT2D eigenvalue weighted by atomic mass is 10.2. The van der Waals surface area contributed by atoms with Gasteiger partial charge >= 0.3 is 0 Å². The molecule has 0 fully saturated rings. The highest BCUT2D eigenvalue weighted by atomic mass is 32.2. The Bertz CT molecular complexity index is 1330. The van der Waals surface area contributed by atoms with Crippen molar-refractivity contribution in [3.63, 3.8) is 0 Å². The van der Waals surface area contributed by atoms with Crippen LogP contribution in [0.25, 0.3) is 0 Å². The highest BCUT2D eigenvalue weighted by Gasteiger charge is 2.23. The van der Waals surface area contributed by atoms with E-state index in [1.807, 2.05) is 6.92 Å². The van der Waals surface area contributed by atoms with Crippen molar-refractivity contribution in [2.24, 2.45) is 10.2 Å². The molecule has 0 radical (unpaired) electrons. The van der Waals surface area contributed by atoms with Gasteiger partial charge in [0.05, 0.1) is 17.2 Å². The van der Waals surface area contributed by atoms with Gasteiger partial charge in [0.2, 0.25) is 12.0 Å². The first-order chi connectivity index (χ1) is 16.7. The maximum absolute atomic E-state index is 12.6. The molecule has 0 saturated heterocycles. The number of aromatic nitrogens is 2. The summed E-state index contributed by atoms with van der Waals surface area (Å²) in [6, 6.07) is 12.4. The highest BCUT2D eigenvalue weighted by molar-refractivity contribution is 7.92. The predicted molar refractivity (Wildman–Crippen MR) is 129 cm³/mol.